The summed E-state index contributed by atoms with van der Waals surface area (Å²) in [5, 5.41) is 3.96. The summed E-state index contributed by atoms with van der Waals surface area (Å²) >= 11 is 0. The minimum Gasteiger partial charge on any atom is -0.341 e. The summed E-state index contributed by atoms with van der Waals surface area (Å²) in [6.07, 6.45) is 3.91. The third-order valence-corrected chi connectivity index (χ3v) is 4.75. The molecule has 1 aromatic rings. The van der Waals surface area contributed by atoms with Gasteiger partial charge in [0.2, 0.25) is 15.9 Å². The Morgan fingerprint density at radius 2 is 2.20 bits per heavy atom. The summed E-state index contributed by atoms with van der Waals surface area (Å²) in [5.74, 6) is 0.00352. The number of aromatic nitrogens is 2. The predicted molar refractivity (Wildman–Crippen MR) is 73.5 cm³/mol. The number of nitrogens with zero attached hydrogens (tertiary/aromatic N) is 3. The molecule has 0 aromatic carbocycles. The number of likely N-dealkylation sites (tertiary alicyclic amines) is 1. The van der Waals surface area contributed by atoms with Gasteiger partial charge in [-0.2, -0.15) is 5.10 Å². The number of hydrogen-bond acceptors (Lipinski definition) is 4. The maximum absolute atomic E-state index is 12.2. The van der Waals surface area contributed by atoms with Crippen molar-refractivity contribution in [1.29, 1.82) is 0 Å². The zero-order valence-electron chi connectivity index (χ0n) is 11.7. The van der Waals surface area contributed by atoms with Gasteiger partial charge in [0.05, 0.1) is 6.20 Å². The predicted octanol–water partition coefficient (Wildman–Crippen LogP) is 0.192. The number of rotatable bonds is 6. The van der Waals surface area contributed by atoms with Crippen LogP contribution >= 0.6 is 0 Å². The van der Waals surface area contributed by atoms with Crippen molar-refractivity contribution in [3.63, 3.8) is 0 Å². The Bertz CT molecular complexity index is 581. The van der Waals surface area contributed by atoms with Crippen LogP contribution in [0.2, 0.25) is 0 Å². The van der Waals surface area contributed by atoms with Gasteiger partial charge in [0.25, 0.3) is 0 Å². The minimum absolute atomic E-state index is 0.00352. The van der Waals surface area contributed by atoms with Gasteiger partial charge in [-0.1, -0.05) is 6.92 Å². The molecule has 1 saturated heterocycles. The van der Waals surface area contributed by atoms with E-state index in [2.05, 4.69) is 9.82 Å². The van der Waals surface area contributed by atoms with Crippen molar-refractivity contribution in [2.45, 2.75) is 44.2 Å². The third kappa shape index (κ3) is 3.18. The van der Waals surface area contributed by atoms with E-state index < -0.39 is 10.0 Å². The van der Waals surface area contributed by atoms with Crippen LogP contribution in [0.3, 0.4) is 0 Å². The maximum Gasteiger partial charge on any atom is 0.244 e. The highest BCUT2D eigenvalue weighted by molar-refractivity contribution is 7.89. The molecule has 1 aliphatic heterocycles. The van der Waals surface area contributed by atoms with E-state index in [1.54, 1.807) is 9.58 Å². The standard InChI is InChI=1S/C12H20N4O3S/c1-3-5-15-8-10(6-12(15)17)14-20(18,19)11-7-13-16(4-2)9-11/h7,9-10,14H,3-6,8H2,1-2H3/t10-/m0/s1. The second-order valence-electron chi connectivity index (χ2n) is 4.89. The van der Waals surface area contributed by atoms with Crippen molar-refractivity contribution in [3.05, 3.63) is 12.4 Å². The van der Waals surface area contributed by atoms with Crippen molar-refractivity contribution in [1.82, 2.24) is 19.4 Å². The zero-order chi connectivity index (χ0) is 14.8. The molecule has 112 valence electrons. The molecular formula is C12H20N4O3S. The largest absolute Gasteiger partial charge is 0.341 e. The molecule has 1 atom stereocenters. The molecule has 7 nitrogen and oxygen atoms in total. The molecule has 1 N–H and O–H groups in total. The van der Waals surface area contributed by atoms with E-state index in [9.17, 15) is 13.2 Å². The fourth-order valence-corrected chi connectivity index (χ4v) is 3.46. The number of nitrogens with one attached hydrogen (secondary N) is 1. The van der Waals surface area contributed by atoms with Crippen LogP contribution in [0.15, 0.2) is 17.3 Å². The molecule has 20 heavy (non-hydrogen) atoms. The van der Waals surface area contributed by atoms with Gasteiger partial charge in [0.15, 0.2) is 0 Å². The molecule has 2 heterocycles. The van der Waals surface area contributed by atoms with Gasteiger partial charge in [-0.3, -0.25) is 9.48 Å². The first-order valence-electron chi connectivity index (χ1n) is 6.78. The Balaban J connectivity index is 2.04. The van der Waals surface area contributed by atoms with Crippen LogP contribution in [0.4, 0.5) is 0 Å². The zero-order valence-corrected chi connectivity index (χ0v) is 12.6. The average Bonchev–Trinajstić information content (AvgIpc) is 2.97. The average molecular weight is 300 g/mol. The number of aryl methyl sites for hydroxylation is 1. The molecule has 1 amide bonds. The highest BCUT2D eigenvalue weighted by Gasteiger charge is 2.32. The van der Waals surface area contributed by atoms with E-state index in [0.29, 0.717) is 19.6 Å². The van der Waals surface area contributed by atoms with Crippen molar-refractivity contribution >= 4 is 15.9 Å². The van der Waals surface area contributed by atoms with Crippen LogP contribution in [0.1, 0.15) is 26.7 Å². The summed E-state index contributed by atoms with van der Waals surface area (Å²) in [4.78, 5) is 13.6. The van der Waals surface area contributed by atoms with E-state index in [1.165, 1.54) is 12.4 Å². The van der Waals surface area contributed by atoms with Crippen molar-refractivity contribution in [2.24, 2.45) is 0 Å². The molecule has 2 rings (SSSR count). The van der Waals surface area contributed by atoms with Crippen molar-refractivity contribution < 1.29 is 13.2 Å². The molecule has 1 aliphatic rings. The van der Waals surface area contributed by atoms with Crippen LogP contribution in [-0.2, 0) is 21.4 Å². The Hall–Kier alpha value is -1.41. The molecule has 0 bridgehead atoms. The summed E-state index contributed by atoms with van der Waals surface area (Å²) in [7, 11) is -3.61. The van der Waals surface area contributed by atoms with Gasteiger partial charge in [0, 0.05) is 38.3 Å². The second kappa shape index (κ2) is 5.92. The fourth-order valence-electron chi connectivity index (χ4n) is 2.28. The van der Waals surface area contributed by atoms with Gasteiger partial charge in [-0.15, -0.1) is 0 Å². The topological polar surface area (TPSA) is 84.3 Å². The normalized spacial score (nSPS) is 19.8. The van der Waals surface area contributed by atoms with E-state index in [0.717, 1.165) is 6.42 Å². The quantitative estimate of drug-likeness (QED) is 0.813. The van der Waals surface area contributed by atoms with Gasteiger partial charge in [-0.25, -0.2) is 13.1 Å². The number of amides is 1. The lowest BCUT2D eigenvalue weighted by Crippen LogP contribution is -2.37. The number of carbonyl (C=O) groups is 1. The second-order valence-corrected chi connectivity index (χ2v) is 6.61. The fraction of sp³-hybridized carbons (Fsp3) is 0.667. The monoisotopic (exact) mass is 300 g/mol. The molecule has 1 aromatic heterocycles. The molecule has 1 fully saturated rings. The van der Waals surface area contributed by atoms with E-state index in [-0.39, 0.29) is 23.3 Å². The van der Waals surface area contributed by atoms with E-state index >= 15 is 0 Å². The SMILES string of the molecule is CCCN1C[C@@H](NS(=O)(=O)c2cnn(CC)c2)CC1=O. The lowest BCUT2D eigenvalue weighted by molar-refractivity contribution is -0.127. The number of hydrogen-bond donors (Lipinski definition) is 1. The molecule has 8 heteroatoms. The maximum atomic E-state index is 12.2. The summed E-state index contributed by atoms with van der Waals surface area (Å²) < 4.78 is 28.5. The lowest BCUT2D eigenvalue weighted by Gasteiger charge is -2.15. The summed E-state index contributed by atoms with van der Waals surface area (Å²) in [6.45, 7) is 5.60. The molecule has 0 saturated carbocycles. The molecule has 0 spiro atoms. The Kier molecular flexibility index (Phi) is 4.44. The van der Waals surface area contributed by atoms with Crippen LogP contribution in [0.5, 0.6) is 0 Å². The minimum atomic E-state index is -3.61. The molecule has 0 aliphatic carbocycles. The van der Waals surface area contributed by atoms with Crippen LogP contribution < -0.4 is 4.72 Å². The van der Waals surface area contributed by atoms with Gasteiger partial charge in [-0.05, 0) is 13.3 Å². The van der Waals surface area contributed by atoms with Crippen molar-refractivity contribution in [3.8, 4) is 0 Å². The first kappa shape index (κ1) is 15.0. The highest BCUT2D eigenvalue weighted by atomic mass is 32.2. The number of carbonyl (C=O) groups excluding carboxylic acids is 1. The Morgan fingerprint density at radius 1 is 1.45 bits per heavy atom. The first-order valence-corrected chi connectivity index (χ1v) is 8.27. The van der Waals surface area contributed by atoms with Gasteiger partial charge in [0.1, 0.15) is 4.90 Å². The summed E-state index contributed by atoms with van der Waals surface area (Å²) in [6, 6.07) is -0.357. The number of sulfonamides is 1. The smallest absolute Gasteiger partial charge is 0.244 e. The Labute approximate surface area is 119 Å². The molecule has 0 unspecified atom stereocenters. The van der Waals surface area contributed by atoms with Crippen LogP contribution in [0, 0.1) is 0 Å². The molecular weight excluding hydrogens is 280 g/mol. The van der Waals surface area contributed by atoms with Gasteiger partial charge < -0.3 is 4.90 Å². The lowest BCUT2D eigenvalue weighted by atomic mass is 10.3. The van der Waals surface area contributed by atoms with E-state index in [4.69, 9.17) is 0 Å². The van der Waals surface area contributed by atoms with Crippen LogP contribution in [-0.4, -0.2) is 48.1 Å². The van der Waals surface area contributed by atoms with Crippen LogP contribution in [0.25, 0.3) is 0 Å². The highest BCUT2D eigenvalue weighted by Crippen LogP contribution is 2.15. The molecule has 0 radical (unpaired) electrons. The van der Waals surface area contributed by atoms with Gasteiger partial charge >= 0.3 is 0 Å². The first-order chi connectivity index (χ1) is 9.46. The van der Waals surface area contributed by atoms with E-state index in [1.807, 2.05) is 13.8 Å². The Morgan fingerprint density at radius 3 is 2.80 bits per heavy atom. The third-order valence-electron chi connectivity index (χ3n) is 3.27. The summed E-state index contributed by atoms with van der Waals surface area (Å²) in [5.41, 5.74) is 0. The van der Waals surface area contributed by atoms with Crippen molar-refractivity contribution in [2.75, 3.05) is 13.1 Å².